The van der Waals surface area contributed by atoms with E-state index in [1.54, 1.807) is 6.08 Å². The summed E-state index contributed by atoms with van der Waals surface area (Å²) < 4.78 is 39.1. The molecule has 0 spiro atoms. The third kappa shape index (κ3) is 9.36. The van der Waals surface area contributed by atoms with E-state index in [4.69, 9.17) is 5.73 Å². The van der Waals surface area contributed by atoms with Crippen molar-refractivity contribution in [2.75, 3.05) is 13.2 Å². The van der Waals surface area contributed by atoms with Crippen molar-refractivity contribution in [1.82, 2.24) is 0 Å². The van der Waals surface area contributed by atoms with Gasteiger partial charge in [0.25, 0.3) is 0 Å². The Kier molecular flexibility index (Phi) is 5.02. The van der Waals surface area contributed by atoms with Crippen LogP contribution in [0.1, 0.15) is 13.8 Å². The maximum atomic E-state index is 11.6. The molecule has 0 bridgehead atoms. The molecule has 5 heteroatoms. The fourth-order valence-electron chi connectivity index (χ4n) is 0.787. The van der Waals surface area contributed by atoms with Crippen molar-refractivity contribution in [3.05, 3.63) is 11.6 Å². The molecular formula is C8H14F3NO. The van der Waals surface area contributed by atoms with Gasteiger partial charge in [-0.05, 0) is 13.8 Å². The maximum absolute atomic E-state index is 11.6. The van der Waals surface area contributed by atoms with Crippen LogP contribution < -0.4 is 5.73 Å². The number of alkyl halides is 3. The fraction of sp³-hybridized carbons (Fsp3) is 0.750. The van der Waals surface area contributed by atoms with Gasteiger partial charge in [0.15, 0.2) is 0 Å². The van der Waals surface area contributed by atoms with Gasteiger partial charge in [0.2, 0.25) is 0 Å². The van der Waals surface area contributed by atoms with Gasteiger partial charge in [-0.25, -0.2) is 0 Å². The van der Waals surface area contributed by atoms with Crippen LogP contribution in [0.2, 0.25) is 0 Å². The predicted octanol–water partition coefficient (Wildman–Crippen LogP) is 1.86. The summed E-state index contributed by atoms with van der Waals surface area (Å²) in [6.45, 7) is 2.30. The Labute approximate surface area is 75.6 Å². The standard InChI is InChI=1S/C8H14F3NO/c1-6(2)3-7(12)4-13-5-8(9,10)11/h3,7H,4-5,12H2,1-2H3. The Morgan fingerprint density at radius 3 is 2.38 bits per heavy atom. The molecule has 0 aromatic rings. The van der Waals surface area contributed by atoms with Crippen LogP contribution in [0.4, 0.5) is 13.2 Å². The van der Waals surface area contributed by atoms with Crippen LogP contribution in [-0.4, -0.2) is 25.4 Å². The maximum Gasteiger partial charge on any atom is 0.411 e. The Hall–Kier alpha value is -0.550. The highest BCUT2D eigenvalue weighted by atomic mass is 19.4. The monoisotopic (exact) mass is 197 g/mol. The van der Waals surface area contributed by atoms with E-state index < -0.39 is 18.8 Å². The third-order valence-corrected chi connectivity index (χ3v) is 1.12. The first-order valence-electron chi connectivity index (χ1n) is 3.86. The quantitative estimate of drug-likeness (QED) is 0.698. The largest absolute Gasteiger partial charge is 0.411 e. The van der Waals surface area contributed by atoms with Gasteiger partial charge in [0.05, 0.1) is 6.61 Å². The number of hydrogen-bond donors (Lipinski definition) is 1. The smallest absolute Gasteiger partial charge is 0.370 e. The van der Waals surface area contributed by atoms with Crippen LogP contribution in [0.25, 0.3) is 0 Å². The van der Waals surface area contributed by atoms with E-state index in [2.05, 4.69) is 4.74 Å². The normalized spacial score (nSPS) is 14.0. The SMILES string of the molecule is CC(C)=CC(N)COCC(F)(F)F. The number of hydrogen-bond acceptors (Lipinski definition) is 2. The van der Waals surface area contributed by atoms with Crippen molar-refractivity contribution in [1.29, 1.82) is 0 Å². The van der Waals surface area contributed by atoms with Crippen molar-refractivity contribution < 1.29 is 17.9 Å². The zero-order chi connectivity index (χ0) is 10.5. The molecule has 2 nitrogen and oxygen atoms in total. The molecule has 2 N–H and O–H groups in total. The van der Waals surface area contributed by atoms with E-state index in [-0.39, 0.29) is 6.61 Å². The molecule has 0 aromatic heterocycles. The lowest BCUT2D eigenvalue weighted by Gasteiger charge is -2.10. The minimum Gasteiger partial charge on any atom is -0.370 e. The van der Waals surface area contributed by atoms with Crippen molar-refractivity contribution in [3.8, 4) is 0 Å². The highest BCUT2D eigenvalue weighted by molar-refractivity contribution is 4.99. The number of rotatable bonds is 4. The number of ether oxygens (including phenoxy) is 1. The fourth-order valence-corrected chi connectivity index (χ4v) is 0.787. The van der Waals surface area contributed by atoms with Gasteiger partial charge in [-0.3, -0.25) is 0 Å². The molecule has 0 saturated heterocycles. The molecule has 0 heterocycles. The van der Waals surface area contributed by atoms with Gasteiger partial charge >= 0.3 is 6.18 Å². The molecule has 0 amide bonds. The van der Waals surface area contributed by atoms with Crippen LogP contribution in [0, 0.1) is 0 Å². The summed E-state index contributed by atoms with van der Waals surface area (Å²) in [7, 11) is 0. The van der Waals surface area contributed by atoms with E-state index in [0.29, 0.717) is 0 Å². The number of halogens is 3. The molecule has 1 atom stereocenters. The lowest BCUT2D eigenvalue weighted by Crippen LogP contribution is -2.27. The van der Waals surface area contributed by atoms with Crippen molar-refractivity contribution in [3.63, 3.8) is 0 Å². The molecule has 13 heavy (non-hydrogen) atoms. The molecule has 78 valence electrons. The summed E-state index contributed by atoms with van der Waals surface area (Å²) in [4.78, 5) is 0. The van der Waals surface area contributed by atoms with Gasteiger partial charge < -0.3 is 10.5 Å². The average Bonchev–Trinajstić information content (AvgIpc) is 1.81. The Morgan fingerprint density at radius 2 is 2.00 bits per heavy atom. The first-order chi connectivity index (χ1) is 5.81. The summed E-state index contributed by atoms with van der Waals surface area (Å²) >= 11 is 0. The molecule has 0 aliphatic carbocycles. The zero-order valence-electron chi connectivity index (χ0n) is 7.69. The highest BCUT2D eigenvalue weighted by Crippen LogP contribution is 2.14. The second-order valence-electron chi connectivity index (χ2n) is 3.04. The first-order valence-corrected chi connectivity index (χ1v) is 3.86. The number of allylic oxidation sites excluding steroid dienone is 1. The van der Waals surface area contributed by atoms with E-state index in [1.807, 2.05) is 13.8 Å². The van der Waals surface area contributed by atoms with Crippen molar-refractivity contribution in [2.24, 2.45) is 5.73 Å². The molecule has 0 rings (SSSR count). The molecule has 0 radical (unpaired) electrons. The zero-order valence-corrected chi connectivity index (χ0v) is 7.69. The van der Waals surface area contributed by atoms with Crippen LogP contribution in [-0.2, 0) is 4.74 Å². The van der Waals surface area contributed by atoms with Gasteiger partial charge in [0, 0.05) is 6.04 Å². The van der Waals surface area contributed by atoms with E-state index in [0.717, 1.165) is 5.57 Å². The molecule has 0 aromatic carbocycles. The summed E-state index contributed by atoms with van der Waals surface area (Å²) in [6, 6.07) is -0.465. The molecule has 1 unspecified atom stereocenters. The van der Waals surface area contributed by atoms with Crippen LogP contribution >= 0.6 is 0 Å². The molecule has 0 saturated carbocycles. The highest BCUT2D eigenvalue weighted by Gasteiger charge is 2.27. The number of nitrogens with two attached hydrogens (primary N) is 1. The lowest BCUT2D eigenvalue weighted by molar-refractivity contribution is -0.174. The van der Waals surface area contributed by atoms with Crippen molar-refractivity contribution in [2.45, 2.75) is 26.1 Å². The second-order valence-corrected chi connectivity index (χ2v) is 3.04. The molecule has 0 aliphatic heterocycles. The van der Waals surface area contributed by atoms with Gasteiger partial charge in [0.1, 0.15) is 6.61 Å². The van der Waals surface area contributed by atoms with Gasteiger partial charge in [-0.1, -0.05) is 11.6 Å². The molecule has 0 fully saturated rings. The van der Waals surface area contributed by atoms with Crippen LogP contribution in [0.3, 0.4) is 0 Å². The average molecular weight is 197 g/mol. The van der Waals surface area contributed by atoms with Gasteiger partial charge in [-0.2, -0.15) is 13.2 Å². The predicted molar refractivity (Wildman–Crippen MR) is 44.3 cm³/mol. The van der Waals surface area contributed by atoms with Crippen LogP contribution in [0.5, 0.6) is 0 Å². The minimum absolute atomic E-state index is 0.106. The summed E-state index contributed by atoms with van der Waals surface area (Å²) in [5.41, 5.74) is 6.40. The Balaban J connectivity index is 3.60. The van der Waals surface area contributed by atoms with Crippen LogP contribution in [0.15, 0.2) is 11.6 Å². The lowest BCUT2D eigenvalue weighted by atomic mass is 10.2. The minimum atomic E-state index is -4.27. The summed E-state index contributed by atoms with van der Waals surface area (Å²) in [6.07, 6.45) is -2.61. The van der Waals surface area contributed by atoms with Crippen molar-refractivity contribution >= 4 is 0 Å². The summed E-state index contributed by atoms with van der Waals surface area (Å²) in [5, 5.41) is 0. The third-order valence-electron chi connectivity index (χ3n) is 1.12. The Morgan fingerprint density at radius 1 is 1.46 bits per heavy atom. The molecule has 0 aliphatic rings. The van der Waals surface area contributed by atoms with E-state index in [1.165, 1.54) is 0 Å². The second kappa shape index (κ2) is 5.24. The van der Waals surface area contributed by atoms with Gasteiger partial charge in [-0.15, -0.1) is 0 Å². The molecular weight excluding hydrogens is 183 g/mol. The first kappa shape index (κ1) is 12.4. The van der Waals surface area contributed by atoms with E-state index in [9.17, 15) is 13.2 Å². The van der Waals surface area contributed by atoms with E-state index >= 15 is 0 Å². The Bertz CT molecular complexity index is 173. The summed E-state index contributed by atoms with van der Waals surface area (Å²) in [5.74, 6) is 0. The topological polar surface area (TPSA) is 35.2 Å².